The van der Waals surface area contributed by atoms with Crippen molar-refractivity contribution < 1.29 is 22.8 Å². The zero-order valence-electron chi connectivity index (χ0n) is 13.1. The number of carbonyl (C=O) groups excluding carboxylic acids is 2. The first-order valence-electron chi connectivity index (χ1n) is 7.40. The van der Waals surface area contributed by atoms with Gasteiger partial charge in [-0.25, -0.2) is 0 Å². The molecule has 0 bridgehead atoms. The summed E-state index contributed by atoms with van der Waals surface area (Å²) < 4.78 is 39.2. The highest BCUT2D eigenvalue weighted by atomic mass is 19.4. The Morgan fingerprint density at radius 1 is 1.00 bits per heavy atom. The van der Waals surface area contributed by atoms with Gasteiger partial charge in [0.2, 0.25) is 11.8 Å². The summed E-state index contributed by atoms with van der Waals surface area (Å²) >= 11 is 0. The molecule has 0 unspecified atom stereocenters. The fourth-order valence-electron chi connectivity index (χ4n) is 2.04. The first kappa shape index (κ1) is 19.0. The van der Waals surface area contributed by atoms with E-state index in [-0.39, 0.29) is 36.8 Å². The average Bonchev–Trinajstić information content (AvgIpc) is 2.43. The molecule has 0 heterocycles. The molecule has 0 aliphatic heterocycles. The highest BCUT2D eigenvalue weighted by molar-refractivity contribution is 5.79. The van der Waals surface area contributed by atoms with Gasteiger partial charge in [0, 0.05) is 18.9 Å². The smallest absolute Gasteiger partial charge is 0.354 e. The Kier molecular flexibility index (Phi) is 7.06. The molecule has 2 N–H and O–H groups in total. The lowest BCUT2D eigenvalue weighted by molar-refractivity contribution is -0.163. The van der Waals surface area contributed by atoms with E-state index < -0.39 is 18.1 Å². The van der Waals surface area contributed by atoms with Crippen LogP contribution in [-0.4, -0.2) is 24.0 Å². The lowest BCUT2D eigenvalue weighted by Gasteiger charge is -2.22. The van der Waals surface area contributed by atoms with Crippen LogP contribution in [0.4, 0.5) is 13.2 Å². The van der Waals surface area contributed by atoms with Gasteiger partial charge < -0.3 is 10.6 Å². The Hall–Kier alpha value is -2.05. The SMILES string of the molecule is CC(C)NC(=O)CCCC(=O)N[C@@H](c1ccccc1)C(F)(F)F. The summed E-state index contributed by atoms with van der Waals surface area (Å²) in [7, 11) is 0. The van der Waals surface area contributed by atoms with Crippen LogP contribution in [-0.2, 0) is 9.59 Å². The van der Waals surface area contributed by atoms with Crippen LogP contribution in [0.15, 0.2) is 30.3 Å². The van der Waals surface area contributed by atoms with E-state index in [9.17, 15) is 22.8 Å². The number of amides is 2. The predicted molar refractivity (Wildman–Crippen MR) is 80.5 cm³/mol. The molecule has 7 heteroatoms. The molecule has 1 atom stereocenters. The fourth-order valence-corrected chi connectivity index (χ4v) is 2.04. The molecule has 128 valence electrons. The Labute approximate surface area is 133 Å². The molecule has 1 aromatic carbocycles. The van der Waals surface area contributed by atoms with E-state index in [0.717, 1.165) is 0 Å². The van der Waals surface area contributed by atoms with Gasteiger partial charge >= 0.3 is 6.18 Å². The minimum atomic E-state index is -4.58. The Balaban J connectivity index is 2.54. The fraction of sp³-hybridized carbons (Fsp3) is 0.500. The number of hydrogen-bond donors (Lipinski definition) is 2. The summed E-state index contributed by atoms with van der Waals surface area (Å²) in [4.78, 5) is 23.1. The van der Waals surface area contributed by atoms with Crippen molar-refractivity contribution in [2.24, 2.45) is 0 Å². The molecule has 4 nitrogen and oxygen atoms in total. The van der Waals surface area contributed by atoms with E-state index in [1.165, 1.54) is 24.3 Å². The predicted octanol–water partition coefficient (Wildman–Crippen LogP) is 3.10. The molecular formula is C16H21F3N2O2. The molecular weight excluding hydrogens is 309 g/mol. The van der Waals surface area contributed by atoms with Gasteiger partial charge in [-0.05, 0) is 25.8 Å². The Morgan fingerprint density at radius 2 is 1.52 bits per heavy atom. The van der Waals surface area contributed by atoms with E-state index in [0.29, 0.717) is 0 Å². The maximum Gasteiger partial charge on any atom is 0.412 e. The monoisotopic (exact) mass is 330 g/mol. The van der Waals surface area contributed by atoms with E-state index >= 15 is 0 Å². The minimum Gasteiger partial charge on any atom is -0.354 e. The van der Waals surface area contributed by atoms with Crippen molar-refractivity contribution in [1.82, 2.24) is 10.6 Å². The highest BCUT2D eigenvalue weighted by Crippen LogP contribution is 2.32. The molecule has 0 fully saturated rings. The topological polar surface area (TPSA) is 58.2 Å². The van der Waals surface area contributed by atoms with Crippen molar-refractivity contribution in [3.63, 3.8) is 0 Å². The van der Waals surface area contributed by atoms with E-state index in [2.05, 4.69) is 5.32 Å². The third-order valence-electron chi connectivity index (χ3n) is 3.02. The average molecular weight is 330 g/mol. The van der Waals surface area contributed by atoms with Gasteiger partial charge in [-0.15, -0.1) is 0 Å². The maximum absolute atomic E-state index is 13.1. The number of alkyl halides is 3. The van der Waals surface area contributed by atoms with Crippen LogP contribution in [0.2, 0.25) is 0 Å². The van der Waals surface area contributed by atoms with Crippen LogP contribution < -0.4 is 10.6 Å². The van der Waals surface area contributed by atoms with Crippen LogP contribution >= 0.6 is 0 Å². The van der Waals surface area contributed by atoms with Crippen molar-refractivity contribution >= 4 is 11.8 Å². The largest absolute Gasteiger partial charge is 0.412 e. The molecule has 0 saturated carbocycles. The van der Waals surface area contributed by atoms with Gasteiger partial charge in [0.15, 0.2) is 6.04 Å². The summed E-state index contributed by atoms with van der Waals surface area (Å²) in [6.07, 6.45) is -4.41. The Bertz CT molecular complexity index is 516. The first-order chi connectivity index (χ1) is 10.7. The molecule has 1 rings (SSSR count). The van der Waals surface area contributed by atoms with Crippen LogP contribution in [0.5, 0.6) is 0 Å². The number of halogens is 3. The number of nitrogens with one attached hydrogen (secondary N) is 2. The second-order valence-electron chi connectivity index (χ2n) is 5.53. The molecule has 0 radical (unpaired) electrons. The summed E-state index contributed by atoms with van der Waals surface area (Å²) in [5.41, 5.74) is -0.0223. The first-order valence-corrected chi connectivity index (χ1v) is 7.40. The molecule has 0 aliphatic rings. The standard InChI is InChI=1S/C16H21F3N2O2/c1-11(2)20-13(22)9-6-10-14(23)21-15(16(17,18)19)12-7-4-3-5-8-12/h3-5,7-8,11,15H,6,9-10H2,1-2H3,(H,20,22)(H,21,23)/t15-/m0/s1. The molecule has 2 amide bonds. The van der Waals surface area contributed by atoms with E-state index in [1.54, 1.807) is 19.9 Å². The van der Waals surface area contributed by atoms with Gasteiger partial charge in [-0.1, -0.05) is 30.3 Å². The van der Waals surface area contributed by atoms with Gasteiger partial charge in [0.05, 0.1) is 0 Å². The van der Waals surface area contributed by atoms with Gasteiger partial charge in [0.1, 0.15) is 0 Å². The van der Waals surface area contributed by atoms with Crippen LogP contribution in [0, 0.1) is 0 Å². The zero-order chi connectivity index (χ0) is 17.5. The van der Waals surface area contributed by atoms with Crippen LogP contribution in [0.1, 0.15) is 44.7 Å². The molecule has 0 saturated heterocycles. The van der Waals surface area contributed by atoms with Crippen molar-refractivity contribution in [3.8, 4) is 0 Å². The maximum atomic E-state index is 13.1. The lowest BCUT2D eigenvalue weighted by atomic mass is 10.1. The van der Waals surface area contributed by atoms with Crippen molar-refractivity contribution in [2.45, 2.75) is 51.4 Å². The summed E-state index contributed by atoms with van der Waals surface area (Å²) in [6.45, 7) is 3.61. The second kappa shape index (κ2) is 8.55. The van der Waals surface area contributed by atoms with Crippen molar-refractivity contribution in [2.75, 3.05) is 0 Å². The number of rotatable bonds is 7. The second-order valence-corrected chi connectivity index (χ2v) is 5.53. The quantitative estimate of drug-likeness (QED) is 0.807. The molecule has 0 aromatic heterocycles. The van der Waals surface area contributed by atoms with E-state index in [4.69, 9.17) is 0 Å². The van der Waals surface area contributed by atoms with E-state index in [1.807, 2.05) is 5.32 Å². The number of carbonyl (C=O) groups is 2. The molecule has 23 heavy (non-hydrogen) atoms. The van der Waals surface area contributed by atoms with Gasteiger partial charge in [-0.2, -0.15) is 13.2 Å². The van der Waals surface area contributed by atoms with Gasteiger partial charge in [0.25, 0.3) is 0 Å². The Morgan fingerprint density at radius 3 is 2.00 bits per heavy atom. The number of hydrogen-bond acceptors (Lipinski definition) is 2. The minimum absolute atomic E-state index is 0.0102. The van der Waals surface area contributed by atoms with Gasteiger partial charge in [-0.3, -0.25) is 9.59 Å². The summed E-state index contributed by atoms with van der Waals surface area (Å²) in [5.74, 6) is -0.947. The zero-order valence-corrected chi connectivity index (χ0v) is 13.1. The third-order valence-corrected chi connectivity index (χ3v) is 3.02. The third kappa shape index (κ3) is 7.17. The lowest BCUT2D eigenvalue weighted by Crippen LogP contribution is -2.38. The highest BCUT2D eigenvalue weighted by Gasteiger charge is 2.41. The van der Waals surface area contributed by atoms with Crippen LogP contribution in [0.3, 0.4) is 0 Å². The summed E-state index contributed by atoms with van der Waals surface area (Å²) in [5, 5.41) is 4.65. The van der Waals surface area contributed by atoms with Crippen molar-refractivity contribution in [1.29, 1.82) is 0 Å². The summed E-state index contributed by atoms with van der Waals surface area (Å²) in [6, 6.07) is 5.15. The molecule has 1 aromatic rings. The molecule has 0 spiro atoms. The van der Waals surface area contributed by atoms with Crippen molar-refractivity contribution in [3.05, 3.63) is 35.9 Å². The normalized spacial score (nSPS) is 12.8. The molecule has 0 aliphatic carbocycles. The van der Waals surface area contributed by atoms with Crippen LogP contribution in [0.25, 0.3) is 0 Å². The number of benzene rings is 1.